The molecule has 0 radical (unpaired) electrons. The Morgan fingerprint density at radius 1 is 1.15 bits per heavy atom. The largest absolute Gasteiger partial charge is 0.478 e. The smallest absolute Gasteiger partial charge is 0.335 e. The van der Waals surface area contributed by atoms with Gasteiger partial charge in [0.25, 0.3) is 0 Å². The molecule has 2 amide bonds. The number of carbonyl (C=O) groups is 2. The summed E-state index contributed by atoms with van der Waals surface area (Å²) in [5, 5.41) is 14.7. The normalized spacial score (nSPS) is 15.7. The fraction of sp³-hybridized carbons (Fsp3) is 0.429. The third kappa shape index (κ3) is 4.13. The van der Waals surface area contributed by atoms with E-state index in [1.54, 1.807) is 0 Å². The van der Waals surface area contributed by atoms with Gasteiger partial charge < -0.3 is 15.7 Å². The number of urea groups is 1. The van der Waals surface area contributed by atoms with Crippen LogP contribution < -0.4 is 10.6 Å². The van der Waals surface area contributed by atoms with Crippen molar-refractivity contribution in [3.05, 3.63) is 28.8 Å². The average molecular weight is 297 g/mol. The molecule has 6 heteroatoms. The Balaban J connectivity index is 1.98. The van der Waals surface area contributed by atoms with Crippen LogP contribution in [0, 0.1) is 0 Å². The summed E-state index contributed by atoms with van der Waals surface area (Å²) in [4.78, 5) is 22.8. The van der Waals surface area contributed by atoms with Gasteiger partial charge in [-0.1, -0.05) is 30.9 Å². The van der Waals surface area contributed by atoms with Gasteiger partial charge in [0.05, 0.1) is 5.56 Å². The molecule has 2 rings (SSSR count). The molecule has 1 aromatic carbocycles. The number of amides is 2. The zero-order chi connectivity index (χ0) is 14.5. The highest BCUT2D eigenvalue weighted by Gasteiger charge is 2.16. The molecule has 0 heterocycles. The average Bonchev–Trinajstić information content (AvgIpc) is 2.38. The highest BCUT2D eigenvalue weighted by molar-refractivity contribution is 6.31. The van der Waals surface area contributed by atoms with Gasteiger partial charge in [-0.2, -0.15) is 0 Å². The van der Waals surface area contributed by atoms with Gasteiger partial charge in [-0.25, -0.2) is 9.59 Å². The zero-order valence-corrected chi connectivity index (χ0v) is 11.7. The molecule has 1 aliphatic rings. The second-order valence-corrected chi connectivity index (χ2v) is 5.40. The minimum Gasteiger partial charge on any atom is -0.478 e. The molecule has 20 heavy (non-hydrogen) atoms. The molecule has 1 fully saturated rings. The van der Waals surface area contributed by atoms with Gasteiger partial charge in [0.15, 0.2) is 0 Å². The van der Waals surface area contributed by atoms with Crippen molar-refractivity contribution in [1.82, 2.24) is 5.32 Å². The monoisotopic (exact) mass is 296 g/mol. The molecule has 1 aliphatic carbocycles. The van der Waals surface area contributed by atoms with Gasteiger partial charge in [0.2, 0.25) is 0 Å². The van der Waals surface area contributed by atoms with Crippen molar-refractivity contribution in [2.45, 2.75) is 38.1 Å². The number of carboxylic acid groups (broad SMARTS) is 1. The third-order valence-electron chi connectivity index (χ3n) is 3.34. The summed E-state index contributed by atoms with van der Waals surface area (Å²) < 4.78 is 0. The Labute approximate surface area is 122 Å². The summed E-state index contributed by atoms with van der Waals surface area (Å²) >= 11 is 5.83. The standard InChI is InChI=1S/C14H17ClN2O3/c15-10-6-9(13(18)19)7-12(8-10)17-14(20)16-11-4-2-1-3-5-11/h6-8,11H,1-5H2,(H,18,19)(H2,16,17,20). The first-order chi connectivity index (χ1) is 9.54. The van der Waals surface area contributed by atoms with E-state index in [1.807, 2.05) is 0 Å². The Kier molecular flexibility index (Phi) is 4.84. The fourth-order valence-electron chi connectivity index (χ4n) is 2.38. The van der Waals surface area contributed by atoms with E-state index in [-0.39, 0.29) is 22.7 Å². The molecule has 0 aromatic heterocycles. The number of hydrogen-bond acceptors (Lipinski definition) is 2. The molecule has 5 nitrogen and oxygen atoms in total. The van der Waals surface area contributed by atoms with Crippen LogP contribution in [0.2, 0.25) is 5.02 Å². The van der Waals surface area contributed by atoms with E-state index >= 15 is 0 Å². The predicted octanol–water partition coefficient (Wildman–Crippen LogP) is 3.49. The van der Waals surface area contributed by atoms with Crippen molar-refractivity contribution in [2.24, 2.45) is 0 Å². The second-order valence-electron chi connectivity index (χ2n) is 4.97. The quantitative estimate of drug-likeness (QED) is 0.799. The highest BCUT2D eigenvalue weighted by atomic mass is 35.5. The van der Waals surface area contributed by atoms with Crippen LogP contribution in [0.1, 0.15) is 42.5 Å². The van der Waals surface area contributed by atoms with Gasteiger partial charge in [-0.3, -0.25) is 0 Å². The topological polar surface area (TPSA) is 78.4 Å². The highest BCUT2D eigenvalue weighted by Crippen LogP contribution is 2.20. The van der Waals surface area contributed by atoms with Crippen LogP contribution in [0.3, 0.4) is 0 Å². The summed E-state index contributed by atoms with van der Waals surface area (Å²) in [5.41, 5.74) is 0.425. The molecule has 0 atom stereocenters. The van der Waals surface area contributed by atoms with E-state index in [9.17, 15) is 9.59 Å². The van der Waals surface area contributed by atoms with E-state index in [0.717, 1.165) is 25.7 Å². The van der Waals surface area contributed by atoms with Crippen molar-refractivity contribution in [1.29, 1.82) is 0 Å². The molecule has 0 aliphatic heterocycles. The maximum atomic E-state index is 11.9. The van der Waals surface area contributed by atoms with E-state index in [2.05, 4.69) is 10.6 Å². The molecule has 1 saturated carbocycles. The fourth-order valence-corrected chi connectivity index (χ4v) is 2.62. The van der Waals surface area contributed by atoms with Crippen LogP contribution in [-0.2, 0) is 0 Å². The Bertz CT molecular complexity index is 513. The van der Waals surface area contributed by atoms with Crippen LogP contribution in [-0.4, -0.2) is 23.1 Å². The summed E-state index contributed by atoms with van der Waals surface area (Å²) in [6, 6.07) is 4.12. The van der Waals surface area contributed by atoms with Crippen molar-refractivity contribution < 1.29 is 14.7 Å². The van der Waals surface area contributed by atoms with Crippen LogP contribution >= 0.6 is 11.6 Å². The maximum absolute atomic E-state index is 11.9. The number of benzene rings is 1. The van der Waals surface area contributed by atoms with E-state index in [4.69, 9.17) is 16.7 Å². The molecule has 3 N–H and O–H groups in total. The van der Waals surface area contributed by atoms with Crippen molar-refractivity contribution in [3.8, 4) is 0 Å². The number of carbonyl (C=O) groups excluding carboxylic acids is 1. The number of rotatable bonds is 3. The molecule has 108 valence electrons. The van der Waals surface area contributed by atoms with E-state index in [0.29, 0.717) is 5.69 Å². The first kappa shape index (κ1) is 14.7. The lowest BCUT2D eigenvalue weighted by atomic mass is 9.96. The number of halogens is 1. The molecular formula is C14H17ClN2O3. The minimum absolute atomic E-state index is 0.0467. The maximum Gasteiger partial charge on any atom is 0.335 e. The van der Waals surface area contributed by atoms with Crippen LogP contribution in [0.15, 0.2) is 18.2 Å². The lowest BCUT2D eigenvalue weighted by molar-refractivity contribution is 0.0697. The van der Waals surface area contributed by atoms with Crippen LogP contribution in [0.4, 0.5) is 10.5 Å². The van der Waals surface area contributed by atoms with Crippen molar-refractivity contribution >= 4 is 29.3 Å². The number of hydrogen-bond donors (Lipinski definition) is 3. The Morgan fingerprint density at radius 2 is 1.85 bits per heavy atom. The van der Waals surface area contributed by atoms with Gasteiger partial charge in [-0.15, -0.1) is 0 Å². The Morgan fingerprint density at radius 3 is 2.50 bits per heavy atom. The lowest BCUT2D eigenvalue weighted by Crippen LogP contribution is -2.39. The first-order valence-corrected chi connectivity index (χ1v) is 7.04. The number of aromatic carboxylic acids is 1. The Hall–Kier alpha value is -1.75. The van der Waals surface area contributed by atoms with Crippen molar-refractivity contribution in [3.63, 3.8) is 0 Å². The molecule has 0 unspecified atom stereocenters. The summed E-state index contributed by atoms with van der Waals surface area (Å²) in [5.74, 6) is -1.08. The van der Waals surface area contributed by atoms with Gasteiger partial charge in [0.1, 0.15) is 0 Å². The molecule has 1 aromatic rings. The number of carboxylic acids is 1. The van der Waals surface area contributed by atoms with Gasteiger partial charge in [0, 0.05) is 16.8 Å². The van der Waals surface area contributed by atoms with Gasteiger partial charge >= 0.3 is 12.0 Å². The number of nitrogens with one attached hydrogen (secondary N) is 2. The van der Waals surface area contributed by atoms with Crippen LogP contribution in [0.5, 0.6) is 0 Å². The summed E-state index contributed by atoms with van der Waals surface area (Å²) in [6.07, 6.45) is 5.46. The molecule has 0 spiro atoms. The zero-order valence-electron chi connectivity index (χ0n) is 11.0. The van der Waals surface area contributed by atoms with Crippen molar-refractivity contribution in [2.75, 3.05) is 5.32 Å². The van der Waals surface area contributed by atoms with E-state index in [1.165, 1.54) is 24.6 Å². The molecular weight excluding hydrogens is 280 g/mol. The second kappa shape index (κ2) is 6.61. The van der Waals surface area contributed by atoms with E-state index < -0.39 is 5.97 Å². The summed E-state index contributed by atoms with van der Waals surface area (Å²) in [6.45, 7) is 0. The molecule has 0 bridgehead atoms. The third-order valence-corrected chi connectivity index (χ3v) is 3.56. The van der Waals surface area contributed by atoms with Crippen LogP contribution in [0.25, 0.3) is 0 Å². The number of anilines is 1. The SMILES string of the molecule is O=C(Nc1cc(Cl)cc(C(=O)O)c1)NC1CCCCC1. The molecule has 0 saturated heterocycles. The minimum atomic E-state index is -1.08. The lowest BCUT2D eigenvalue weighted by Gasteiger charge is -2.22. The summed E-state index contributed by atoms with van der Waals surface area (Å²) in [7, 11) is 0. The van der Waals surface area contributed by atoms with Gasteiger partial charge in [-0.05, 0) is 31.0 Å². The first-order valence-electron chi connectivity index (χ1n) is 6.66. The predicted molar refractivity (Wildman–Crippen MR) is 77.4 cm³/mol.